The first-order valence-corrected chi connectivity index (χ1v) is 11.0. The molecule has 1 unspecified atom stereocenters. The maximum atomic E-state index is 15.5. The maximum Gasteiger partial charge on any atom is 0.350 e. The van der Waals surface area contributed by atoms with Crippen molar-refractivity contribution in [2.24, 2.45) is 17.1 Å². The minimum Gasteiger partial charge on any atom is -0.492 e. The summed E-state index contributed by atoms with van der Waals surface area (Å²) in [6, 6.07) is 0.867. The number of nitrogens with zero attached hydrogens (tertiary/aromatic N) is 3. The fourth-order valence-electron chi connectivity index (χ4n) is 5.01. The molecule has 10 heteroatoms. The summed E-state index contributed by atoms with van der Waals surface area (Å²) >= 11 is 0. The van der Waals surface area contributed by atoms with Crippen molar-refractivity contribution in [3.8, 4) is 5.75 Å². The van der Waals surface area contributed by atoms with Crippen LogP contribution in [0.5, 0.6) is 5.75 Å². The van der Waals surface area contributed by atoms with E-state index in [1.807, 2.05) is 11.8 Å². The molecule has 2 fully saturated rings. The molecule has 32 heavy (non-hydrogen) atoms. The van der Waals surface area contributed by atoms with Gasteiger partial charge in [-0.2, -0.15) is 4.68 Å². The highest BCUT2D eigenvalue weighted by Gasteiger charge is 2.44. The number of hydrogen-bond acceptors (Lipinski definition) is 7. The normalized spacial score (nSPS) is 21.3. The van der Waals surface area contributed by atoms with Crippen molar-refractivity contribution in [1.82, 2.24) is 9.24 Å². The Morgan fingerprint density at radius 3 is 2.59 bits per heavy atom. The Balaban J connectivity index is 1.88. The topological polar surface area (TPSA) is 118 Å². The van der Waals surface area contributed by atoms with Crippen LogP contribution in [0.3, 0.4) is 0 Å². The summed E-state index contributed by atoms with van der Waals surface area (Å²) < 4.78 is 28.7. The van der Waals surface area contributed by atoms with Crippen molar-refractivity contribution in [2.75, 3.05) is 44.2 Å². The number of benzene rings is 1. The van der Waals surface area contributed by atoms with E-state index >= 15 is 4.39 Å². The lowest BCUT2D eigenvalue weighted by Crippen LogP contribution is -2.44. The van der Waals surface area contributed by atoms with Gasteiger partial charge in [0, 0.05) is 37.7 Å². The Morgan fingerprint density at radius 2 is 2.00 bits per heavy atom. The van der Waals surface area contributed by atoms with E-state index < -0.39 is 17.1 Å². The maximum absolute atomic E-state index is 15.5. The number of methoxy groups -OCH3 is 1. The fourth-order valence-corrected chi connectivity index (χ4v) is 5.01. The summed E-state index contributed by atoms with van der Waals surface area (Å²) in [5, 5.41) is 0.0279. The summed E-state index contributed by atoms with van der Waals surface area (Å²) in [4.78, 5) is 27.4. The van der Waals surface area contributed by atoms with Gasteiger partial charge in [-0.1, -0.05) is 13.8 Å². The van der Waals surface area contributed by atoms with E-state index in [2.05, 4.69) is 13.8 Å². The van der Waals surface area contributed by atoms with Crippen molar-refractivity contribution < 1.29 is 13.9 Å². The smallest absolute Gasteiger partial charge is 0.350 e. The van der Waals surface area contributed by atoms with E-state index in [4.69, 9.17) is 21.1 Å². The van der Waals surface area contributed by atoms with Crippen molar-refractivity contribution in [3.63, 3.8) is 0 Å². The van der Waals surface area contributed by atoms with Crippen LogP contribution in [0, 0.1) is 17.2 Å². The average Bonchev–Trinajstić information content (AvgIpc) is 3.53. The van der Waals surface area contributed by atoms with Gasteiger partial charge < -0.3 is 25.9 Å². The second kappa shape index (κ2) is 8.08. The first-order chi connectivity index (χ1) is 15.1. The molecule has 4 rings (SSSR count). The van der Waals surface area contributed by atoms with Crippen molar-refractivity contribution in [1.29, 1.82) is 0 Å². The summed E-state index contributed by atoms with van der Waals surface area (Å²) in [6.07, 6.45) is 1.57. The Morgan fingerprint density at radius 1 is 1.31 bits per heavy atom. The average molecular weight is 450 g/mol. The molecule has 2 heterocycles. The molecule has 2 aliphatic rings. The molecule has 1 aliphatic heterocycles. The Kier molecular flexibility index (Phi) is 5.70. The van der Waals surface area contributed by atoms with E-state index in [1.54, 1.807) is 0 Å². The summed E-state index contributed by atoms with van der Waals surface area (Å²) in [5.74, 6) is 5.35. The molecular formula is C22H32FN5O4. The minimum absolute atomic E-state index is 0.0279. The molecule has 1 aliphatic carbocycles. The minimum atomic E-state index is -0.746. The largest absolute Gasteiger partial charge is 0.492 e. The van der Waals surface area contributed by atoms with E-state index in [0.29, 0.717) is 36.5 Å². The molecule has 4 N–H and O–H groups in total. The monoisotopic (exact) mass is 449 g/mol. The zero-order valence-electron chi connectivity index (χ0n) is 19.1. The number of halogens is 1. The second-order valence-corrected chi connectivity index (χ2v) is 9.49. The predicted octanol–water partition coefficient (Wildman–Crippen LogP) is 1.19. The van der Waals surface area contributed by atoms with Crippen LogP contribution < -0.4 is 32.5 Å². The molecule has 1 aromatic carbocycles. The lowest BCUT2D eigenvalue weighted by molar-refractivity contribution is 0.0982. The summed E-state index contributed by atoms with van der Waals surface area (Å²) in [7, 11) is 1.42. The molecule has 0 bridgehead atoms. The zero-order valence-corrected chi connectivity index (χ0v) is 19.1. The SMILES string of the molecule is CCOC[C@H](N)C1CN(c2c(F)cc3c(=O)n(N)c(=O)n(C4CC4)c3c2OC)CC1(C)C. The van der Waals surface area contributed by atoms with Crippen LogP contribution in [0.25, 0.3) is 10.9 Å². The Labute approximate surface area is 185 Å². The molecule has 1 saturated heterocycles. The number of aromatic nitrogens is 2. The van der Waals surface area contributed by atoms with Crippen LogP contribution in [-0.4, -0.2) is 48.7 Å². The first kappa shape index (κ1) is 22.6. The third-order valence-corrected chi connectivity index (χ3v) is 6.77. The molecule has 0 spiro atoms. The first-order valence-electron chi connectivity index (χ1n) is 11.0. The second-order valence-electron chi connectivity index (χ2n) is 9.49. The van der Waals surface area contributed by atoms with Crippen molar-refractivity contribution >= 4 is 16.6 Å². The standard InChI is InChI=1S/C22H32FN5O4/c1-5-32-10-16(24)14-9-26(11-22(14,2)3)18-15(23)8-13-17(19(18)31-4)27(12-6-7-12)21(30)28(25)20(13)29/h8,12,14,16H,5-7,9-11,24-25H2,1-4H3/t14?,16-/m0/s1. The van der Waals surface area contributed by atoms with Crippen LogP contribution in [0.1, 0.15) is 39.7 Å². The number of nitrogen functional groups attached to an aromatic ring is 1. The van der Waals surface area contributed by atoms with Crippen molar-refractivity contribution in [2.45, 2.75) is 45.7 Å². The number of ether oxygens (including phenoxy) is 2. The highest BCUT2D eigenvalue weighted by atomic mass is 19.1. The summed E-state index contributed by atoms with van der Waals surface area (Å²) in [6.45, 7) is 8.16. The molecule has 2 aromatic rings. The lowest BCUT2D eigenvalue weighted by Gasteiger charge is -2.30. The van der Waals surface area contributed by atoms with Gasteiger partial charge in [-0.05, 0) is 31.2 Å². The molecule has 9 nitrogen and oxygen atoms in total. The third kappa shape index (κ3) is 3.55. The molecule has 0 amide bonds. The number of anilines is 1. The van der Waals surface area contributed by atoms with Crippen LogP contribution in [-0.2, 0) is 4.74 Å². The van der Waals surface area contributed by atoms with E-state index in [0.717, 1.165) is 18.9 Å². The number of rotatable bonds is 7. The van der Waals surface area contributed by atoms with E-state index in [9.17, 15) is 9.59 Å². The van der Waals surface area contributed by atoms with Crippen LogP contribution in [0.2, 0.25) is 0 Å². The molecule has 0 radical (unpaired) electrons. The van der Waals surface area contributed by atoms with Gasteiger partial charge in [0.15, 0.2) is 11.6 Å². The van der Waals surface area contributed by atoms with Crippen LogP contribution >= 0.6 is 0 Å². The number of nitrogens with two attached hydrogens (primary N) is 2. The van der Waals surface area contributed by atoms with Gasteiger partial charge in [-0.25, -0.2) is 9.18 Å². The zero-order chi connectivity index (χ0) is 23.4. The van der Waals surface area contributed by atoms with Crippen LogP contribution in [0.4, 0.5) is 10.1 Å². The quantitative estimate of drug-likeness (QED) is 0.610. The Bertz CT molecular complexity index is 1150. The predicted molar refractivity (Wildman–Crippen MR) is 121 cm³/mol. The van der Waals surface area contributed by atoms with Gasteiger partial charge in [0.05, 0.1) is 19.1 Å². The molecule has 1 aromatic heterocycles. The number of hydrogen-bond donors (Lipinski definition) is 2. The van der Waals surface area contributed by atoms with Gasteiger partial charge in [-0.3, -0.25) is 9.36 Å². The van der Waals surface area contributed by atoms with Crippen molar-refractivity contribution in [3.05, 3.63) is 32.7 Å². The van der Waals surface area contributed by atoms with E-state index in [-0.39, 0.29) is 40.2 Å². The summed E-state index contributed by atoms with van der Waals surface area (Å²) in [5.41, 5.74) is 5.38. The number of fused-ring (bicyclic) bond motifs is 1. The Hall–Kier alpha value is -2.59. The van der Waals surface area contributed by atoms with Gasteiger partial charge in [0.25, 0.3) is 5.56 Å². The van der Waals surface area contributed by atoms with Gasteiger partial charge in [0.2, 0.25) is 0 Å². The fraction of sp³-hybridized carbons (Fsp3) is 0.636. The highest BCUT2D eigenvalue weighted by molar-refractivity contribution is 5.91. The molecule has 176 valence electrons. The molecule has 2 atom stereocenters. The molecular weight excluding hydrogens is 417 g/mol. The van der Waals surface area contributed by atoms with Gasteiger partial charge in [-0.15, -0.1) is 0 Å². The van der Waals surface area contributed by atoms with Gasteiger partial charge >= 0.3 is 5.69 Å². The molecule has 1 saturated carbocycles. The lowest BCUT2D eigenvalue weighted by atomic mass is 9.78. The van der Waals surface area contributed by atoms with Gasteiger partial charge in [0.1, 0.15) is 11.2 Å². The van der Waals surface area contributed by atoms with E-state index in [1.165, 1.54) is 11.7 Å². The van der Waals surface area contributed by atoms with Crippen LogP contribution in [0.15, 0.2) is 15.7 Å². The highest BCUT2D eigenvalue weighted by Crippen LogP contribution is 2.46. The third-order valence-electron chi connectivity index (χ3n) is 6.77.